The van der Waals surface area contributed by atoms with Crippen molar-refractivity contribution < 1.29 is 18.3 Å². The number of carbonyl (C=O) groups is 1. The fraction of sp³-hybridized carbons (Fsp3) is 0.346. The zero-order valence-corrected chi connectivity index (χ0v) is 19.7. The average molecular weight is 480 g/mol. The number of carbonyl (C=O) groups excluding carboxylic acids is 1. The number of nitrogens with two attached hydrogens (primary N) is 1. The Balaban J connectivity index is 1.78. The lowest BCUT2D eigenvalue weighted by atomic mass is 9.93. The second-order valence-electron chi connectivity index (χ2n) is 8.99. The summed E-state index contributed by atoms with van der Waals surface area (Å²) >= 11 is 0. The van der Waals surface area contributed by atoms with E-state index in [9.17, 15) is 9.18 Å². The summed E-state index contributed by atoms with van der Waals surface area (Å²) in [6.45, 7) is 1.98. The zero-order chi connectivity index (χ0) is 24.7. The minimum atomic E-state index is -0.912. The molecule has 3 N–H and O–H groups in total. The lowest BCUT2D eigenvalue weighted by Crippen LogP contribution is -2.39. The number of methoxy groups -OCH3 is 1. The maximum absolute atomic E-state index is 15.4. The molecule has 0 radical (unpaired) electrons. The Morgan fingerprint density at radius 3 is 2.83 bits per heavy atom. The third kappa shape index (κ3) is 3.89. The normalized spacial score (nSPS) is 16.6. The standard InChI is InChI=1S/C26H27F2N5O2/c1-30-20-8-19(27)24(28)22-17(20)7-21-23(22)25(33-5-3-4-14(9-29)13-33)18(12-32-21)15-6-16(11-31-10-15)26(34)35-2/h6,8,10-12,14,30H,3-5,7,9,13,29H2,1-2H3/t14-/m0/s1. The van der Waals surface area contributed by atoms with Crippen LogP contribution in [0.5, 0.6) is 0 Å². The van der Waals surface area contributed by atoms with Gasteiger partial charge in [-0.05, 0) is 36.9 Å². The number of fused-ring (bicyclic) bond motifs is 3. The number of aromatic nitrogens is 2. The number of pyridine rings is 2. The van der Waals surface area contributed by atoms with Crippen LogP contribution < -0.4 is 16.0 Å². The van der Waals surface area contributed by atoms with E-state index >= 15 is 4.39 Å². The SMILES string of the molecule is CNc1cc(F)c(F)c2c1Cc1ncc(-c3cncc(C(=O)OC)c3)c(N3CCC[C@@H](CN)C3)c1-2. The zero-order valence-electron chi connectivity index (χ0n) is 19.7. The van der Waals surface area contributed by atoms with Crippen molar-refractivity contribution in [3.05, 3.63) is 59.2 Å². The van der Waals surface area contributed by atoms with Crippen molar-refractivity contribution in [3.63, 3.8) is 0 Å². The highest BCUT2D eigenvalue weighted by molar-refractivity contribution is 5.98. The molecule has 1 saturated heterocycles. The first-order valence-electron chi connectivity index (χ1n) is 11.7. The van der Waals surface area contributed by atoms with Crippen LogP contribution in [0, 0.1) is 17.6 Å². The van der Waals surface area contributed by atoms with Crippen LogP contribution >= 0.6 is 0 Å². The van der Waals surface area contributed by atoms with Gasteiger partial charge in [-0.1, -0.05) is 0 Å². The van der Waals surface area contributed by atoms with Gasteiger partial charge in [0, 0.05) is 79.2 Å². The largest absolute Gasteiger partial charge is 0.465 e. The molecular weight excluding hydrogens is 452 g/mol. The van der Waals surface area contributed by atoms with E-state index < -0.39 is 17.6 Å². The summed E-state index contributed by atoms with van der Waals surface area (Å²) in [5, 5.41) is 2.99. The van der Waals surface area contributed by atoms with Crippen LogP contribution in [0.4, 0.5) is 20.2 Å². The van der Waals surface area contributed by atoms with Crippen LogP contribution in [0.2, 0.25) is 0 Å². The van der Waals surface area contributed by atoms with Gasteiger partial charge in [0.05, 0.1) is 24.1 Å². The highest BCUT2D eigenvalue weighted by Gasteiger charge is 2.35. The summed E-state index contributed by atoms with van der Waals surface area (Å²) in [5.41, 5.74) is 11.2. The molecule has 2 aliphatic rings. The smallest absolute Gasteiger partial charge is 0.339 e. The van der Waals surface area contributed by atoms with Crippen LogP contribution in [0.15, 0.2) is 30.7 Å². The van der Waals surface area contributed by atoms with Gasteiger partial charge in [0.2, 0.25) is 0 Å². The molecule has 1 aliphatic heterocycles. The number of anilines is 2. The molecule has 0 saturated carbocycles. The number of benzene rings is 1. The molecule has 7 nitrogen and oxygen atoms in total. The minimum absolute atomic E-state index is 0.237. The predicted molar refractivity (Wildman–Crippen MR) is 131 cm³/mol. The molecule has 35 heavy (non-hydrogen) atoms. The number of hydrogen-bond donors (Lipinski definition) is 2. The summed E-state index contributed by atoms with van der Waals surface area (Å²) in [7, 11) is 3.00. The molecule has 2 aromatic heterocycles. The highest BCUT2D eigenvalue weighted by Crippen LogP contribution is 2.50. The molecule has 5 rings (SSSR count). The number of hydrogen-bond acceptors (Lipinski definition) is 7. The van der Waals surface area contributed by atoms with Gasteiger partial charge in [-0.3, -0.25) is 9.97 Å². The van der Waals surface area contributed by atoms with Crippen molar-refractivity contribution in [2.75, 3.05) is 44.0 Å². The van der Waals surface area contributed by atoms with E-state index in [1.54, 1.807) is 25.5 Å². The summed E-state index contributed by atoms with van der Waals surface area (Å²) in [4.78, 5) is 23.3. The number of halogens is 2. The second kappa shape index (κ2) is 9.22. The number of piperidine rings is 1. The van der Waals surface area contributed by atoms with Gasteiger partial charge in [0.15, 0.2) is 11.6 Å². The first kappa shape index (κ1) is 23.2. The van der Waals surface area contributed by atoms with Gasteiger partial charge in [-0.15, -0.1) is 0 Å². The second-order valence-corrected chi connectivity index (χ2v) is 8.99. The van der Waals surface area contributed by atoms with Crippen molar-refractivity contribution in [2.24, 2.45) is 11.7 Å². The molecule has 1 fully saturated rings. The molecule has 1 aromatic carbocycles. The Morgan fingerprint density at radius 1 is 1.26 bits per heavy atom. The minimum Gasteiger partial charge on any atom is -0.465 e. The van der Waals surface area contributed by atoms with E-state index in [1.807, 2.05) is 0 Å². The predicted octanol–water partition coefficient (Wildman–Crippen LogP) is 4.00. The fourth-order valence-corrected chi connectivity index (χ4v) is 5.25. The molecule has 3 heterocycles. The fourth-order valence-electron chi connectivity index (χ4n) is 5.25. The molecule has 0 unspecified atom stereocenters. The lowest BCUT2D eigenvalue weighted by molar-refractivity contribution is 0.0600. The Hall–Kier alpha value is -3.59. The summed E-state index contributed by atoms with van der Waals surface area (Å²) in [5.74, 6) is -2.02. The molecule has 0 bridgehead atoms. The monoisotopic (exact) mass is 479 g/mol. The molecular formula is C26H27F2N5O2. The first-order chi connectivity index (χ1) is 17.0. The summed E-state index contributed by atoms with van der Waals surface area (Å²) in [6.07, 6.45) is 7.14. The Bertz CT molecular complexity index is 1310. The molecule has 1 atom stereocenters. The quantitative estimate of drug-likeness (QED) is 0.418. The number of rotatable bonds is 5. The third-order valence-electron chi connectivity index (χ3n) is 6.96. The number of nitrogens with zero attached hydrogens (tertiary/aromatic N) is 3. The molecule has 9 heteroatoms. The summed E-state index contributed by atoms with van der Waals surface area (Å²) in [6, 6.07) is 2.88. The van der Waals surface area contributed by atoms with Gasteiger partial charge >= 0.3 is 5.97 Å². The Morgan fingerprint density at radius 2 is 2.09 bits per heavy atom. The molecule has 1 aliphatic carbocycles. The van der Waals surface area contributed by atoms with E-state index in [0.29, 0.717) is 58.7 Å². The Labute approximate surface area is 202 Å². The van der Waals surface area contributed by atoms with Crippen molar-refractivity contribution in [2.45, 2.75) is 19.3 Å². The van der Waals surface area contributed by atoms with Crippen LogP contribution in [0.3, 0.4) is 0 Å². The van der Waals surface area contributed by atoms with E-state index in [1.165, 1.54) is 19.4 Å². The maximum atomic E-state index is 15.4. The Kier molecular flexibility index (Phi) is 6.10. The number of nitrogens with one attached hydrogen (secondary N) is 1. The van der Waals surface area contributed by atoms with E-state index in [2.05, 4.69) is 20.2 Å². The van der Waals surface area contributed by atoms with E-state index in [0.717, 1.165) is 25.1 Å². The number of esters is 1. The van der Waals surface area contributed by atoms with Gasteiger partial charge in [-0.25, -0.2) is 13.6 Å². The highest BCUT2D eigenvalue weighted by atomic mass is 19.2. The third-order valence-corrected chi connectivity index (χ3v) is 6.96. The van der Waals surface area contributed by atoms with Crippen LogP contribution in [0.25, 0.3) is 22.3 Å². The van der Waals surface area contributed by atoms with Crippen molar-refractivity contribution in [3.8, 4) is 22.3 Å². The van der Waals surface area contributed by atoms with Crippen LogP contribution in [-0.2, 0) is 11.2 Å². The first-order valence-corrected chi connectivity index (χ1v) is 11.7. The molecule has 0 spiro atoms. The van der Waals surface area contributed by atoms with Gasteiger partial charge in [-0.2, -0.15) is 0 Å². The maximum Gasteiger partial charge on any atom is 0.339 e. The van der Waals surface area contributed by atoms with Crippen molar-refractivity contribution in [1.82, 2.24) is 9.97 Å². The van der Waals surface area contributed by atoms with Gasteiger partial charge < -0.3 is 20.7 Å². The van der Waals surface area contributed by atoms with E-state index in [-0.39, 0.29) is 11.5 Å². The number of ether oxygens (including phenoxy) is 1. The van der Waals surface area contributed by atoms with E-state index in [4.69, 9.17) is 10.5 Å². The topological polar surface area (TPSA) is 93.4 Å². The van der Waals surface area contributed by atoms with Crippen molar-refractivity contribution in [1.29, 1.82) is 0 Å². The van der Waals surface area contributed by atoms with Crippen LogP contribution in [0.1, 0.15) is 34.5 Å². The molecule has 0 amide bonds. The average Bonchev–Trinajstić information content (AvgIpc) is 3.29. The molecule has 3 aromatic rings. The van der Waals surface area contributed by atoms with Crippen molar-refractivity contribution >= 4 is 17.3 Å². The summed E-state index contributed by atoms with van der Waals surface area (Å²) < 4.78 is 34.9. The van der Waals surface area contributed by atoms with Gasteiger partial charge in [0.25, 0.3) is 0 Å². The molecule has 182 valence electrons. The lowest BCUT2D eigenvalue weighted by Gasteiger charge is -2.36. The van der Waals surface area contributed by atoms with Gasteiger partial charge in [0.1, 0.15) is 0 Å². The van der Waals surface area contributed by atoms with Crippen LogP contribution in [-0.4, -0.2) is 49.7 Å².